The number of benzene rings is 3. The van der Waals surface area contributed by atoms with Crippen molar-refractivity contribution in [2.45, 2.75) is 0 Å². The van der Waals surface area contributed by atoms with E-state index in [1.165, 1.54) is 0 Å². The molecule has 44 heavy (non-hydrogen) atoms. The van der Waals surface area contributed by atoms with Crippen LogP contribution in [-0.2, 0) is 29.2 Å². The minimum atomic E-state index is -2.56. The van der Waals surface area contributed by atoms with Crippen molar-refractivity contribution in [1.82, 2.24) is 39.9 Å². The number of fused-ring (bicyclic) bond motifs is 17. The summed E-state index contributed by atoms with van der Waals surface area (Å²) in [6, 6.07) is 20.8. The fraction of sp³-hybridized carbons (Fsp3) is 0. The Hall–Kier alpha value is -5.10. The van der Waals surface area contributed by atoms with Gasteiger partial charge in [0.1, 0.15) is 0 Å². The fourth-order valence-electron chi connectivity index (χ4n) is 5.40. The monoisotopic (exact) mass is 646 g/mol. The topological polar surface area (TPSA) is 155 Å². The average Bonchev–Trinajstić information content (AvgIpc) is 3.76. The first-order valence-electron chi connectivity index (χ1n) is 13.5. The van der Waals surface area contributed by atoms with Gasteiger partial charge in [-0.3, -0.25) is 4.55 Å². The molecule has 0 fully saturated rings. The van der Waals surface area contributed by atoms with Gasteiger partial charge >= 0.3 is 223 Å². The Balaban J connectivity index is 1.57. The number of aromatic amines is 2. The molecule has 3 N–H and O–H groups in total. The van der Waals surface area contributed by atoms with Crippen molar-refractivity contribution in [3.8, 4) is 28.5 Å². The Kier molecular flexibility index (Phi) is 6.37. The Morgan fingerprint density at radius 2 is 1.32 bits per heavy atom. The Morgan fingerprint density at radius 3 is 2.05 bits per heavy atom. The molecule has 1 unspecified atom stereocenters. The van der Waals surface area contributed by atoms with E-state index >= 15 is 0 Å². The molecule has 3 aromatic carbocycles. The van der Waals surface area contributed by atoms with Gasteiger partial charge in [0.05, 0.1) is 0 Å². The first kappa shape index (κ1) is 26.5. The summed E-state index contributed by atoms with van der Waals surface area (Å²) in [6.45, 7) is 0. The third-order valence-corrected chi connectivity index (χ3v) is 8.16. The summed E-state index contributed by atoms with van der Waals surface area (Å²) in [5.41, 5.74) is 4.40. The fourth-order valence-corrected chi connectivity index (χ4v) is 5.98. The second-order valence-electron chi connectivity index (χ2n) is 9.91. The number of hydrogen-bond acceptors (Lipinski definition) is 8. The number of hydrogen-bond donors (Lipinski definition) is 3. The van der Waals surface area contributed by atoms with Gasteiger partial charge in [-0.15, -0.1) is 0 Å². The van der Waals surface area contributed by atoms with Crippen molar-refractivity contribution in [3.63, 3.8) is 0 Å². The zero-order chi connectivity index (χ0) is 29.8. The SMILES string of the molecule is O=S(O)Oc1cccc2c3nc4nc(nc5[nH]c(nc6nc(nc([nH]3)c12)-c1ccccc1-6)c1ccccc51)C=C4/C=C\[CH]=[Zn]. The second-order valence-corrected chi connectivity index (χ2v) is 11.5. The van der Waals surface area contributed by atoms with Gasteiger partial charge in [0.25, 0.3) is 0 Å². The number of aromatic nitrogens is 8. The molecule has 13 heteroatoms. The van der Waals surface area contributed by atoms with Crippen molar-refractivity contribution in [2.24, 2.45) is 0 Å². The van der Waals surface area contributed by atoms with Gasteiger partial charge in [-0.25, -0.2) is 0 Å². The van der Waals surface area contributed by atoms with E-state index in [4.69, 9.17) is 34.1 Å². The van der Waals surface area contributed by atoms with Crippen LogP contribution >= 0.6 is 0 Å². The number of nitrogens with one attached hydrogen (secondary N) is 2. The predicted octanol–water partition coefficient (Wildman–Crippen LogP) is 5.50. The molecule has 8 rings (SSSR count). The van der Waals surface area contributed by atoms with E-state index in [1.807, 2.05) is 77.4 Å². The summed E-state index contributed by atoms with van der Waals surface area (Å²) >= 11 is -1.56. The van der Waals surface area contributed by atoms with Gasteiger partial charge in [0, 0.05) is 5.56 Å². The van der Waals surface area contributed by atoms with Gasteiger partial charge in [-0.05, 0) is 0 Å². The molecule has 5 heterocycles. The van der Waals surface area contributed by atoms with E-state index in [-0.39, 0.29) is 5.75 Å². The zero-order valence-corrected chi connectivity index (χ0v) is 26.5. The third kappa shape index (κ3) is 4.49. The summed E-state index contributed by atoms with van der Waals surface area (Å²) in [4.78, 5) is 36.0. The molecular weight excluding hydrogens is 630 g/mol. The van der Waals surface area contributed by atoms with Crippen LogP contribution in [0.15, 0.2) is 78.9 Å². The van der Waals surface area contributed by atoms with Crippen molar-refractivity contribution in [2.75, 3.05) is 0 Å². The molecule has 0 saturated carbocycles. The zero-order valence-electron chi connectivity index (χ0n) is 22.7. The van der Waals surface area contributed by atoms with Crippen LogP contribution in [0.4, 0.5) is 0 Å². The molecule has 2 aliphatic rings. The summed E-state index contributed by atoms with van der Waals surface area (Å²) in [6.07, 6.45) is 5.78. The minimum absolute atomic E-state index is 0.167. The van der Waals surface area contributed by atoms with Crippen LogP contribution in [0.25, 0.3) is 78.6 Å². The molecule has 3 aromatic heterocycles. The number of allylic oxidation sites excluding steroid dienone is 3. The van der Waals surface area contributed by atoms with Crippen LogP contribution in [0, 0.1) is 0 Å². The average molecular weight is 648 g/mol. The van der Waals surface area contributed by atoms with Crippen LogP contribution in [0.1, 0.15) is 11.6 Å². The molecule has 0 aliphatic carbocycles. The number of nitrogens with zero attached hydrogens (tertiary/aromatic N) is 6. The van der Waals surface area contributed by atoms with Gasteiger partial charge in [-0.1, -0.05) is 24.3 Å². The molecular formula is C31H18N8O3SZn. The number of rotatable bonds is 4. The molecule has 0 saturated heterocycles. The van der Waals surface area contributed by atoms with E-state index in [9.17, 15) is 8.76 Å². The van der Waals surface area contributed by atoms with Crippen LogP contribution in [-0.4, -0.2) is 53.2 Å². The first-order valence-corrected chi connectivity index (χ1v) is 16.2. The molecule has 0 radical (unpaired) electrons. The molecule has 2 aliphatic heterocycles. The molecule has 11 nitrogen and oxygen atoms in total. The van der Waals surface area contributed by atoms with Crippen molar-refractivity contribution in [1.29, 1.82) is 0 Å². The Bertz CT molecular complexity index is 2450. The van der Waals surface area contributed by atoms with Gasteiger partial charge < -0.3 is 0 Å². The van der Waals surface area contributed by atoms with Crippen molar-refractivity contribution in [3.05, 3.63) is 90.5 Å². The van der Waals surface area contributed by atoms with Crippen molar-refractivity contribution >= 4 is 71.8 Å². The summed E-state index contributed by atoms with van der Waals surface area (Å²) in [5.74, 6) is 1.99. The Labute approximate surface area is 260 Å². The van der Waals surface area contributed by atoms with E-state index in [0.29, 0.717) is 56.7 Å². The van der Waals surface area contributed by atoms with Crippen molar-refractivity contribution < 1.29 is 30.8 Å². The maximum absolute atomic E-state index is 11.7. The van der Waals surface area contributed by atoms with Crippen LogP contribution in [0.3, 0.4) is 0 Å². The summed E-state index contributed by atoms with van der Waals surface area (Å²) in [5, 5.41) is 2.89. The molecule has 8 bridgehead atoms. The van der Waals surface area contributed by atoms with E-state index in [1.54, 1.807) is 12.1 Å². The van der Waals surface area contributed by atoms with Crippen LogP contribution < -0.4 is 4.18 Å². The van der Waals surface area contributed by atoms with E-state index in [2.05, 4.69) is 9.97 Å². The maximum atomic E-state index is 11.7. The Morgan fingerprint density at radius 1 is 0.705 bits per heavy atom. The van der Waals surface area contributed by atoms with Crippen LogP contribution in [0.2, 0.25) is 0 Å². The van der Waals surface area contributed by atoms with Gasteiger partial charge in [0.2, 0.25) is 0 Å². The molecule has 6 aromatic rings. The number of H-pyrrole nitrogens is 2. The van der Waals surface area contributed by atoms with E-state index in [0.717, 1.165) is 45.3 Å². The predicted molar refractivity (Wildman–Crippen MR) is 166 cm³/mol. The van der Waals surface area contributed by atoms with Gasteiger partial charge in [0.15, 0.2) is 0 Å². The summed E-state index contributed by atoms with van der Waals surface area (Å²) in [7, 11) is 0. The molecule has 0 spiro atoms. The summed E-state index contributed by atoms with van der Waals surface area (Å²) < 4.78 is 28.6. The normalized spacial score (nSPS) is 13.3. The quantitative estimate of drug-likeness (QED) is 0.166. The third-order valence-electron chi connectivity index (χ3n) is 7.27. The standard InChI is InChI=1S/C31H18N8O3S.Zn/c1-2-8-16-15-23-32-25(16)34-30-21-13-7-14-22(42-43(40)41)24(21)31(39-30)38-29-20-12-6-5-11-19(20)28(37-29)36-27-18-10-4-3-9-17(18)26(33-23)35-27;/h1-15H,(H,40,41)(H2,32,33,34,35,36,37,38,39);/b8-2-;. The molecule has 208 valence electrons. The van der Waals surface area contributed by atoms with E-state index < -0.39 is 11.4 Å². The molecule has 1 atom stereocenters. The second kappa shape index (κ2) is 10.6. The van der Waals surface area contributed by atoms with Crippen LogP contribution in [0.5, 0.6) is 5.75 Å². The molecule has 0 amide bonds. The first-order chi connectivity index (χ1) is 21.6. The van der Waals surface area contributed by atoms with Gasteiger partial charge in [-0.2, -0.15) is 4.21 Å².